The van der Waals surface area contributed by atoms with Crippen LogP contribution in [0.1, 0.15) is 29.8 Å². The molecule has 0 aliphatic carbocycles. The number of aliphatic hydroxyl groups is 1. The van der Waals surface area contributed by atoms with Gasteiger partial charge in [-0.15, -0.1) is 0 Å². The number of carbonyl (C=O) groups is 1. The second kappa shape index (κ2) is 12.3. The number of ether oxygens (including phenoxy) is 2. The number of aryl methyl sites for hydroxylation is 1. The average molecular weight is 572 g/mol. The number of nitrogens with zero attached hydrogens (tertiary/aromatic N) is 4. The van der Waals surface area contributed by atoms with Crippen molar-refractivity contribution in [1.82, 2.24) is 19.4 Å². The normalized spacial score (nSPS) is 18.5. The number of hydrogen-bond donors (Lipinski definition) is 2. The molecule has 2 N–H and O–H groups in total. The molecule has 2 heterocycles. The molecule has 1 aliphatic rings. The molecule has 3 aromatic rings. The van der Waals surface area contributed by atoms with Gasteiger partial charge in [0, 0.05) is 38.8 Å². The lowest BCUT2D eigenvalue weighted by molar-refractivity contribution is 0.0344. The molecule has 4 rings (SSSR count). The van der Waals surface area contributed by atoms with Crippen LogP contribution < -0.4 is 14.2 Å². The number of amides is 1. The molecule has 0 radical (unpaired) electrons. The molecule has 0 unspecified atom stereocenters. The van der Waals surface area contributed by atoms with Crippen molar-refractivity contribution in [3.05, 3.63) is 66.1 Å². The zero-order chi connectivity index (χ0) is 29.0. The highest BCUT2D eigenvalue weighted by molar-refractivity contribution is 7.92. The van der Waals surface area contributed by atoms with Gasteiger partial charge in [0.05, 0.1) is 37.3 Å². The van der Waals surface area contributed by atoms with E-state index in [-0.39, 0.29) is 40.5 Å². The number of likely N-dealkylation sites (N-methyl/N-ethyl adjacent to an activating group) is 1. The van der Waals surface area contributed by atoms with Crippen LogP contribution in [0.2, 0.25) is 0 Å². The number of sulfonamides is 1. The number of anilines is 1. The molecule has 2 aromatic carbocycles. The second-order valence-electron chi connectivity index (χ2n) is 10.3. The number of para-hydroxylation sites is 1. The Balaban J connectivity index is 1.68. The minimum atomic E-state index is -4.05. The Morgan fingerprint density at radius 3 is 2.60 bits per heavy atom. The maximum absolute atomic E-state index is 13.7. The van der Waals surface area contributed by atoms with E-state index in [2.05, 4.69) is 14.6 Å². The van der Waals surface area contributed by atoms with Gasteiger partial charge in [-0.2, -0.15) is 8.42 Å². The number of imidazole rings is 1. The number of carbonyl (C=O) groups excluding carboxylic acids is 1. The predicted octanol–water partition coefficient (Wildman–Crippen LogP) is 2.58. The summed E-state index contributed by atoms with van der Waals surface area (Å²) in [6.07, 6.45) is 2.39. The van der Waals surface area contributed by atoms with Crippen LogP contribution >= 0.6 is 0 Å². The van der Waals surface area contributed by atoms with Gasteiger partial charge >= 0.3 is 0 Å². The minimum Gasteiger partial charge on any atom is -0.497 e. The molecule has 216 valence electrons. The van der Waals surface area contributed by atoms with Gasteiger partial charge in [0.1, 0.15) is 11.9 Å². The summed E-state index contributed by atoms with van der Waals surface area (Å²) >= 11 is 0. The van der Waals surface area contributed by atoms with Crippen molar-refractivity contribution in [3.63, 3.8) is 0 Å². The highest BCUT2D eigenvalue weighted by Gasteiger charge is 2.35. The van der Waals surface area contributed by atoms with E-state index < -0.39 is 22.2 Å². The minimum absolute atomic E-state index is 0.134. The third-order valence-electron chi connectivity index (χ3n) is 7.00. The SMILES string of the molecule is COc1ccc(CN(C)C[C@H]2Oc3c(NS(=O)(=O)c4cn(C)cn4)cccc3C(=O)N([C@@H](C)CO)C[C@@H]2C)cc1. The van der Waals surface area contributed by atoms with Crippen molar-refractivity contribution in [2.45, 2.75) is 37.6 Å². The summed E-state index contributed by atoms with van der Waals surface area (Å²) < 4.78 is 42.2. The third kappa shape index (κ3) is 6.57. The lowest BCUT2D eigenvalue weighted by Gasteiger charge is -2.38. The molecule has 1 aliphatic heterocycles. The lowest BCUT2D eigenvalue weighted by Crippen LogP contribution is -2.49. The number of aliphatic hydroxyl groups excluding tert-OH is 1. The second-order valence-corrected chi connectivity index (χ2v) is 12.0. The molecule has 12 heteroatoms. The van der Waals surface area contributed by atoms with Crippen molar-refractivity contribution >= 4 is 21.6 Å². The number of aromatic nitrogens is 2. The zero-order valence-electron chi connectivity index (χ0n) is 23.4. The molecule has 1 amide bonds. The van der Waals surface area contributed by atoms with Gasteiger partial charge in [0.2, 0.25) is 0 Å². The summed E-state index contributed by atoms with van der Waals surface area (Å²) in [6, 6.07) is 12.2. The van der Waals surface area contributed by atoms with E-state index in [0.29, 0.717) is 19.6 Å². The van der Waals surface area contributed by atoms with E-state index in [1.54, 1.807) is 44.2 Å². The van der Waals surface area contributed by atoms with E-state index >= 15 is 0 Å². The Labute approximate surface area is 235 Å². The first kappa shape index (κ1) is 29.4. The molecule has 3 atom stereocenters. The Hall–Kier alpha value is -3.61. The standard InChI is InChI=1S/C28H37N5O6S/c1-19-13-33(20(2)17-34)28(35)23-7-6-8-24(30-40(36,37)26-16-32(4)18-29-26)27(23)39-25(19)15-31(3)14-21-9-11-22(38-5)12-10-21/h6-12,16,18-20,25,30,34H,13-15,17H2,1-5H3/t19-,20-,25+/m0/s1. The highest BCUT2D eigenvalue weighted by atomic mass is 32.2. The van der Waals surface area contributed by atoms with Gasteiger partial charge in [-0.05, 0) is 43.8 Å². The number of nitrogens with one attached hydrogen (secondary N) is 1. The number of fused-ring (bicyclic) bond motifs is 1. The van der Waals surface area contributed by atoms with Gasteiger partial charge < -0.3 is 24.0 Å². The van der Waals surface area contributed by atoms with Gasteiger partial charge in [0.25, 0.3) is 15.9 Å². The van der Waals surface area contributed by atoms with Crippen LogP contribution in [0.5, 0.6) is 11.5 Å². The largest absolute Gasteiger partial charge is 0.497 e. The van der Waals surface area contributed by atoms with Gasteiger partial charge in [-0.25, -0.2) is 4.98 Å². The summed E-state index contributed by atoms with van der Waals surface area (Å²) in [6.45, 7) is 5.08. The molecule has 0 spiro atoms. The Kier molecular flexibility index (Phi) is 9.02. The number of hydrogen-bond acceptors (Lipinski definition) is 8. The molecule has 1 aromatic heterocycles. The molecule has 0 saturated carbocycles. The fraction of sp³-hybridized carbons (Fsp3) is 0.429. The first-order valence-corrected chi connectivity index (χ1v) is 14.5. The zero-order valence-corrected chi connectivity index (χ0v) is 24.3. The van der Waals surface area contributed by atoms with E-state index in [1.165, 1.54) is 17.1 Å². The van der Waals surface area contributed by atoms with Crippen LogP contribution in [0.4, 0.5) is 5.69 Å². The lowest BCUT2D eigenvalue weighted by atomic mass is 9.99. The molecule has 40 heavy (non-hydrogen) atoms. The van der Waals surface area contributed by atoms with Crippen molar-refractivity contribution in [2.24, 2.45) is 13.0 Å². The van der Waals surface area contributed by atoms with Crippen LogP contribution in [-0.2, 0) is 23.6 Å². The first-order valence-electron chi connectivity index (χ1n) is 13.1. The van der Waals surface area contributed by atoms with E-state index in [4.69, 9.17) is 9.47 Å². The van der Waals surface area contributed by atoms with Crippen LogP contribution in [0.15, 0.2) is 60.0 Å². The van der Waals surface area contributed by atoms with Crippen LogP contribution in [0.3, 0.4) is 0 Å². The van der Waals surface area contributed by atoms with Crippen LogP contribution in [0.25, 0.3) is 0 Å². The molecule has 11 nitrogen and oxygen atoms in total. The van der Waals surface area contributed by atoms with Gasteiger partial charge in [-0.1, -0.05) is 25.1 Å². The van der Waals surface area contributed by atoms with Crippen LogP contribution in [0, 0.1) is 5.92 Å². The molecule has 0 fully saturated rings. The Bertz CT molecular complexity index is 1430. The van der Waals surface area contributed by atoms with Crippen LogP contribution in [-0.4, -0.2) is 84.8 Å². The fourth-order valence-electron chi connectivity index (χ4n) is 4.68. The van der Waals surface area contributed by atoms with Gasteiger partial charge in [0.15, 0.2) is 10.8 Å². The highest BCUT2D eigenvalue weighted by Crippen LogP contribution is 2.36. The maximum Gasteiger partial charge on any atom is 0.281 e. The summed E-state index contributed by atoms with van der Waals surface area (Å²) in [4.78, 5) is 21.4. The van der Waals surface area contributed by atoms with Crippen molar-refractivity contribution in [3.8, 4) is 11.5 Å². The van der Waals surface area contributed by atoms with Crippen molar-refractivity contribution < 1.29 is 27.8 Å². The Morgan fingerprint density at radius 1 is 1.25 bits per heavy atom. The fourth-order valence-corrected chi connectivity index (χ4v) is 5.73. The predicted molar refractivity (Wildman–Crippen MR) is 151 cm³/mol. The molecular weight excluding hydrogens is 534 g/mol. The Morgan fingerprint density at radius 2 is 1.98 bits per heavy atom. The summed E-state index contributed by atoms with van der Waals surface area (Å²) in [5, 5.41) is 9.76. The summed E-state index contributed by atoms with van der Waals surface area (Å²) in [5.41, 5.74) is 1.46. The monoisotopic (exact) mass is 571 g/mol. The summed E-state index contributed by atoms with van der Waals surface area (Å²) in [7, 11) is 1.24. The maximum atomic E-state index is 13.7. The van der Waals surface area contributed by atoms with E-state index in [0.717, 1.165) is 11.3 Å². The summed E-state index contributed by atoms with van der Waals surface area (Å²) in [5.74, 6) is 0.456. The van der Waals surface area contributed by atoms with Gasteiger partial charge in [-0.3, -0.25) is 14.4 Å². The first-order chi connectivity index (χ1) is 19.0. The van der Waals surface area contributed by atoms with Crippen molar-refractivity contribution in [1.29, 1.82) is 0 Å². The third-order valence-corrected chi connectivity index (χ3v) is 8.25. The molecular formula is C28H37N5O6S. The van der Waals surface area contributed by atoms with E-state index in [9.17, 15) is 18.3 Å². The average Bonchev–Trinajstić information content (AvgIpc) is 3.38. The molecule has 0 bridgehead atoms. The molecule has 0 saturated heterocycles. The number of rotatable bonds is 10. The van der Waals surface area contributed by atoms with E-state index in [1.807, 2.05) is 38.2 Å². The quantitative estimate of drug-likeness (QED) is 0.380. The topological polar surface area (TPSA) is 126 Å². The van der Waals surface area contributed by atoms with Crippen molar-refractivity contribution in [2.75, 3.05) is 38.6 Å². The smallest absolute Gasteiger partial charge is 0.281 e. The number of benzene rings is 2. The number of methoxy groups -OCH3 is 1.